The van der Waals surface area contributed by atoms with Gasteiger partial charge in [-0.2, -0.15) is 4.98 Å². The van der Waals surface area contributed by atoms with Crippen molar-refractivity contribution in [2.45, 2.75) is 25.8 Å². The van der Waals surface area contributed by atoms with Crippen molar-refractivity contribution < 1.29 is 23.2 Å². The van der Waals surface area contributed by atoms with Crippen LogP contribution in [-0.4, -0.2) is 34.8 Å². The van der Waals surface area contributed by atoms with E-state index in [4.69, 9.17) is 20.9 Å². The first kappa shape index (κ1) is 22.2. The van der Waals surface area contributed by atoms with Crippen LogP contribution in [0.15, 0.2) is 53.1 Å². The molecule has 0 bridgehead atoms. The van der Waals surface area contributed by atoms with Crippen molar-refractivity contribution in [2.75, 3.05) is 11.9 Å². The molecule has 1 heterocycles. The average molecular weight is 447 g/mol. The van der Waals surface area contributed by atoms with Crippen molar-refractivity contribution in [2.24, 2.45) is 0 Å². The van der Waals surface area contributed by atoms with Crippen LogP contribution in [0.25, 0.3) is 0 Å². The first-order valence-corrected chi connectivity index (χ1v) is 9.88. The van der Waals surface area contributed by atoms with E-state index in [9.17, 15) is 14.0 Å². The Bertz CT molecular complexity index is 1020. The Kier molecular flexibility index (Phi) is 7.55. The number of nitrogens with one attached hydrogen (secondary N) is 2. The van der Waals surface area contributed by atoms with Crippen molar-refractivity contribution in [3.8, 4) is 0 Å². The van der Waals surface area contributed by atoms with Gasteiger partial charge in [0, 0.05) is 23.2 Å². The van der Waals surface area contributed by atoms with E-state index in [0.29, 0.717) is 17.1 Å². The van der Waals surface area contributed by atoms with Crippen LogP contribution < -0.4 is 10.6 Å². The fourth-order valence-electron chi connectivity index (χ4n) is 2.80. The third-order valence-electron chi connectivity index (χ3n) is 4.18. The number of aromatic nitrogens is 2. The Hall–Kier alpha value is -3.46. The fraction of sp³-hybridized carbons (Fsp3) is 0.238. The highest BCUT2D eigenvalue weighted by Crippen LogP contribution is 2.14. The number of benzene rings is 2. The summed E-state index contributed by atoms with van der Waals surface area (Å²) in [6.07, 6.45) is 0.639. The van der Waals surface area contributed by atoms with Gasteiger partial charge >= 0.3 is 17.9 Å². The molecule has 10 heteroatoms. The Morgan fingerprint density at radius 2 is 1.84 bits per heavy atom. The van der Waals surface area contributed by atoms with E-state index in [1.165, 1.54) is 24.3 Å². The highest BCUT2D eigenvalue weighted by atomic mass is 35.5. The molecule has 31 heavy (non-hydrogen) atoms. The molecule has 0 saturated carbocycles. The van der Waals surface area contributed by atoms with Gasteiger partial charge in [0.15, 0.2) is 5.82 Å². The van der Waals surface area contributed by atoms with Crippen LogP contribution in [0.4, 0.5) is 14.9 Å². The smallest absolute Gasteiger partial charge is 0.397 e. The monoisotopic (exact) mass is 446 g/mol. The maximum absolute atomic E-state index is 13.1. The molecule has 3 aromatic rings. The van der Waals surface area contributed by atoms with E-state index in [1.54, 1.807) is 19.1 Å². The summed E-state index contributed by atoms with van der Waals surface area (Å²) < 4.78 is 22.8. The standard InChI is InChI=1S/C21H20ClFN4O4/c1-2-30-20(28)19-26-18(27-31-19)12-17(11-13-3-5-14(22)6-4-13)25-21(29)24-16-9-7-15(23)8-10-16/h3-10,17H,2,11-12H2,1H3,(H2,24,25,29)/t17-/m0/s1. The Balaban J connectivity index is 1.71. The van der Waals surface area contributed by atoms with E-state index >= 15 is 0 Å². The molecule has 0 aliphatic heterocycles. The highest BCUT2D eigenvalue weighted by Gasteiger charge is 2.21. The minimum Gasteiger partial charge on any atom is -0.459 e. The number of halogens is 2. The summed E-state index contributed by atoms with van der Waals surface area (Å²) in [5, 5.41) is 9.88. The second-order valence-electron chi connectivity index (χ2n) is 6.57. The van der Waals surface area contributed by atoms with Crippen molar-refractivity contribution in [3.63, 3.8) is 0 Å². The molecule has 162 valence electrons. The van der Waals surface area contributed by atoms with Crippen molar-refractivity contribution in [1.29, 1.82) is 0 Å². The van der Waals surface area contributed by atoms with E-state index in [2.05, 4.69) is 20.8 Å². The summed E-state index contributed by atoms with van der Waals surface area (Å²) in [6.45, 7) is 1.85. The summed E-state index contributed by atoms with van der Waals surface area (Å²) in [7, 11) is 0. The first-order valence-electron chi connectivity index (χ1n) is 9.50. The molecule has 0 fully saturated rings. The molecule has 3 rings (SSSR count). The minimum atomic E-state index is -0.711. The number of esters is 1. The van der Waals surface area contributed by atoms with E-state index in [0.717, 1.165) is 5.56 Å². The van der Waals surface area contributed by atoms with Crippen LogP contribution in [0.1, 0.15) is 29.0 Å². The van der Waals surface area contributed by atoms with Crippen molar-refractivity contribution in [1.82, 2.24) is 15.5 Å². The molecular formula is C21H20ClFN4O4. The maximum Gasteiger partial charge on any atom is 0.397 e. The zero-order valence-corrected chi connectivity index (χ0v) is 17.4. The average Bonchev–Trinajstić information content (AvgIpc) is 3.20. The van der Waals surface area contributed by atoms with Gasteiger partial charge in [0.05, 0.1) is 6.61 Å². The summed E-state index contributed by atoms with van der Waals surface area (Å²) >= 11 is 5.94. The number of carbonyl (C=O) groups excluding carboxylic acids is 2. The van der Waals surface area contributed by atoms with Crippen LogP contribution in [0.3, 0.4) is 0 Å². The highest BCUT2D eigenvalue weighted by molar-refractivity contribution is 6.30. The van der Waals surface area contributed by atoms with Crippen LogP contribution in [0.2, 0.25) is 5.02 Å². The number of nitrogens with zero attached hydrogens (tertiary/aromatic N) is 2. The molecule has 1 atom stereocenters. The van der Waals surface area contributed by atoms with Gasteiger partial charge in [0.2, 0.25) is 0 Å². The SMILES string of the molecule is CCOC(=O)c1nc(C[C@H](Cc2ccc(Cl)cc2)NC(=O)Nc2ccc(F)cc2)no1. The van der Waals surface area contributed by atoms with Gasteiger partial charge in [-0.3, -0.25) is 0 Å². The lowest BCUT2D eigenvalue weighted by Crippen LogP contribution is -2.41. The van der Waals surface area contributed by atoms with Gasteiger partial charge in [-0.05, 0) is 55.3 Å². The van der Waals surface area contributed by atoms with E-state index < -0.39 is 23.9 Å². The quantitative estimate of drug-likeness (QED) is 0.506. The van der Waals surface area contributed by atoms with E-state index in [-0.39, 0.29) is 24.7 Å². The van der Waals surface area contributed by atoms with Crippen LogP contribution in [0.5, 0.6) is 0 Å². The number of carbonyl (C=O) groups is 2. The first-order chi connectivity index (χ1) is 14.9. The zero-order valence-electron chi connectivity index (χ0n) is 16.6. The third-order valence-corrected chi connectivity index (χ3v) is 4.43. The lowest BCUT2D eigenvalue weighted by Gasteiger charge is -2.18. The van der Waals surface area contributed by atoms with Crippen molar-refractivity contribution >= 4 is 29.3 Å². The third kappa shape index (κ3) is 6.78. The number of urea groups is 1. The molecule has 0 saturated heterocycles. The number of hydrogen-bond acceptors (Lipinski definition) is 6. The number of rotatable bonds is 8. The fourth-order valence-corrected chi connectivity index (χ4v) is 2.92. The summed E-state index contributed by atoms with van der Waals surface area (Å²) in [5.74, 6) is -1.12. The van der Waals surface area contributed by atoms with Gasteiger partial charge in [0.1, 0.15) is 5.82 Å². The van der Waals surface area contributed by atoms with Crippen LogP contribution in [-0.2, 0) is 17.6 Å². The molecule has 8 nitrogen and oxygen atoms in total. The summed E-state index contributed by atoms with van der Waals surface area (Å²) in [4.78, 5) is 28.2. The second kappa shape index (κ2) is 10.5. The lowest BCUT2D eigenvalue weighted by atomic mass is 10.0. The predicted molar refractivity (Wildman–Crippen MR) is 111 cm³/mol. The molecule has 0 unspecified atom stereocenters. The van der Waals surface area contributed by atoms with Gasteiger partial charge in [-0.15, -0.1) is 0 Å². The largest absolute Gasteiger partial charge is 0.459 e. The lowest BCUT2D eigenvalue weighted by molar-refractivity contribution is 0.0470. The predicted octanol–water partition coefficient (Wildman–Crippen LogP) is 4.01. The molecule has 0 aliphatic rings. The van der Waals surface area contributed by atoms with Crippen LogP contribution >= 0.6 is 11.6 Å². The number of hydrogen-bond donors (Lipinski definition) is 2. The van der Waals surface area contributed by atoms with Gasteiger partial charge in [-0.1, -0.05) is 28.9 Å². The second-order valence-corrected chi connectivity index (χ2v) is 7.01. The molecule has 0 radical (unpaired) electrons. The molecular weight excluding hydrogens is 427 g/mol. The van der Waals surface area contributed by atoms with E-state index in [1.807, 2.05) is 12.1 Å². The molecule has 2 amide bonds. The molecule has 2 aromatic carbocycles. The minimum absolute atomic E-state index is 0.181. The normalized spacial score (nSPS) is 11.6. The number of ether oxygens (including phenoxy) is 1. The van der Waals surface area contributed by atoms with Gasteiger partial charge < -0.3 is 19.9 Å². The molecule has 0 spiro atoms. The van der Waals surface area contributed by atoms with Gasteiger partial charge in [0.25, 0.3) is 0 Å². The molecule has 2 N–H and O–H groups in total. The molecule has 0 aliphatic carbocycles. The van der Waals surface area contributed by atoms with Crippen LogP contribution in [0, 0.1) is 5.82 Å². The summed E-state index contributed by atoms with van der Waals surface area (Å²) in [5.41, 5.74) is 1.36. The molecule has 1 aromatic heterocycles. The Labute approximate surface area is 182 Å². The number of amides is 2. The Morgan fingerprint density at radius 1 is 1.13 bits per heavy atom. The van der Waals surface area contributed by atoms with Crippen molar-refractivity contribution in [3.05, 3.63) is 76.6 Å². The Morgan fingerprint density at radius 3 is 2.52 bits per heavy atom. The summed E-state index contributed by atoms with van der Waals surface area (Å²) in [6, 6.07) is 11.7. The zero-order chi connectivity index (χ0) is 22.2. The number of anilines is 1. The maximum atomic E-state index is 13.1. The van der Waals surface area contributed by atoms with Gasteiger partial charge in [-0.25, -0.2) is 14.0 Å². The topological polar surface area (TPSA) is 106 Å².